The molecule has 2 atom stereocenters. The zero-order valence-corrected chi connectivity index (χ0v) is 6.91. The average Bonchev–Trinajstić information content (AvgIpc) is 2.07. The summed E-state index contributed by atoms with van der Waals surface area (Å²) in [6.07, 6.45) is 1.24. The molecule has 0 saturated carbocycles. The highest BCUT2D eigenvalue weighted by molar-refractivity contribution is 4.81. The van der Waals surface area contributed by atoms with Crippen LogP contribution in [0.15, 0.2) is 12.7 Å². The van der Waals surface area contributed by atoms with Gasteiger partial charge in [-0.15, -0.1) is 6.58 Å². The molecule has 11 heavy (non-hydrogen) atoms. The number of aliphatic hydroxyl groups is 1. The Balaban J connectivity index is 2.51. The molecule has 1 saturated heterocycles. The quantitative estimate of drug-likeness (QED) is 0.610. The van der Waals surface area contributed by atoms with Gasteiger partial charge in [0.15, 0.2) is 12.1 Å². The van der Waals surface area contributed by atoms with Crippen molar-refractivity contribution in [3.63, 3.8) is 0 Å². The van der Waals surface area contributed by atoms with E-state index in [4.69, 9.17) is 9.47 Å². The molecule has 1 rings (SSSR count). The van der Waals surface area contributed by atoms with Crippen molar-refractivity contribution in [2.45, 2.75) is 38.4 Å². The third-order valence-corrected chi connectivity index (χ3v) is 1.56. The molecular weight excluding hydrogens is 144 g/mol. The lowest BCUT2D eigenvalue weighted by molar-refractivity contribution is -0.174. The molecule has 0 amide bonds. The zero-order valence-electron chi connectivity index (χ0n) is 6.91. The van der Waals surface area contributed by atoms with Gasteiger partial charge in [-0.05, 0) is 20.3 Å². The molecule has 0 aliphatic carbocycles. The van der Waals surface area contributed by atoms with E-state index in [0.717, 1.165) is 0 Å². The highest BCUT2D eigenvalue weighted by atomic mass is 16.8. The number of ether oxygens (including phenoxy) is 2. The fourth-order valence-electron chi connectivity index (χ4n) is 1.15. The first-order valence-electron chi connectivity index (χ1n) is 3.70. The summed E-state index contributed by atoms with van der Waals surface area (Å²) in [7, 11) is 0. The minimum atomic E-state index is -0.817. The van der Waals surface area contributed by atoms with E-state index in [2.05, 4.69) is 6.58 Å². The Morgan fingerprint density at radius 3 is 2.55 bits per heavy atom. The van der Waals surface area contributed by atoms with E-state index < -0.39 is 12.1 Å². The Kier molecular flexibility index (Phi) is 2.32. The summed E-state index contributed by atoms with van der Waals surface area (Å²) in [5.41, 5.74) is 0. The lowest BCUT2D eigenvalue weighted by atomic mass is 10.2. The van der Waals surface area contributed by atoms with Crippen LogP contribution in [0.3, 0.4) is 0 Å². The van der Waals surface area contributed by atoms with E-state index in [-0.39, 0.29) is 6.10 Å². The molecular formula is C8H14O3. The maximum absolute atomic E-state index is 9.26. The summed E-state index contributed by atoms with van der Waals surface area (Å²) >= 11 is 0. The van der Waals surface area contributed by atoms with Crippen LogP contribution in [-0.4, -0.2) is 23.3 Å². The van der Waals surface area contributed by atoms with Crippen LogP contribution < -0.4 is 0 Å². The molecule has 1 aliphatic heterocycles. The van der Waals surface area contributed by atoms with E-state index in [1.54, 1.807) is 19.9 Å². The Morgan fingerprint density at radius 1 is 1.55 bits per heavy atom. The number of hydrogen-bond acceptors (Lipinski definition) is 3. The van der Waals surface area contributed by atoms with Crippen LogP contribution in [-0.2, 0) is 9.47 Å². The smallest absolute Gasteiger partial charge is 0.184 e. The van der Waals surface area contributed by atoms with Gasteiger partial charge in [-0.1, -0.05) is 6.08 Å². The van der Waals surface area contributed by atoms with Crippen molar-refractivity contribution >= 4 is 0 Å². The summed E-state index contributed by atoms with van der Waals surface area (Å²) in [5, 5.41) is 9.26. The van der Waals surface area contributed by atoms with Crippen molar-refractivity contribution in [1.29, 1.82) is 0 Å². The number of hydrogen-bond donors (Lipinski definition) is 1. The van der Waals surface area contributed by atoms with Crippen molar-refractivity contribution in [3.8, 4) is 0 Å². The highest BCUT2D eigenvalue weighted by Gasteiger charge is 2.39. The Hall–Kier alpha value is -0.380. The third-order valence-electron chi connectivity index (χ3n) is 1.56. The molecule has 0 aromatic carbocycles. The standard InChI is InChI=1S/C8H14O3/c1-4-5-6-7(9)11-8(2,3)10-6/h4,6-7,9H,1,5H2,2-3H3. The first-order chi connectivity index (χ1) is 5.05. The van der Waals surface area contributed by atoms with Crippen molar-refractivity contribution in [3.05, 3.63) is 12.7 Å². The molecule has 3 heteroatoms. The normalized spacial score (nSPS) is 35.5. The summed E-state index contributed by atoms with van der Waals surface area (Å²) in [5.74, 6) is -0.660. The first kappa shape index (κ1) is 8.71. The van der Waals surface area contributed by atoms with Gasteiger partial charge in [0.2, 0.25) is 0 Å². The van der Waals surface area contributed by atoms with Crippen LogP contribution in [0.1, 0.15) is 20.3 Å². The molecule has 0 spiro atoms. The third kappa shape index (κ3) is 2.02. The second kappa shape index (κ2) is 2.93. The molecule has 1 fully saturated rings. The van der Waals surface area contributed by atoms with Crippen LogP contribution in [0.2, 0.25) is 0 Å². The van der Waals surface area contributed by atoms with Gasteiger partial charge in [0, 0.05) is 0 Å². The molecule has 0 bridgehead atoms. The van der Waals surface area contributed by atoms with Crippen LogP contribution in [0.4, 0.5) is 0 Å². The molecule has 0 aromatic rings. The van der Waals surface area contributed by atoms with Crippen molar-refractivity contribution in [1.82, 2.24) is 0 Å². The monoisotopic (exact) mass is 158 g/mol. The van der Waals surface area contributed by atoms with Crippen LogP contribution in [0, 0.1) is 0 Å². The molecule has 0 aromatic heterocycles. The zero-order chi connectivity index (χ0) is 8.48. The van der Waals surface area contributed by atoms with Gasteiger partial charge in [0.25, 0.3) is 0 Å². The number of rotatable bonds is 2. The van der Waals surface area contributed by atoms with Gasteiger partial charge in [-0.3, -0.25) is 0 Å². The molecule has 0 radical (unpaired) electrons. The highest BCUT2D eigenvalue weighted by Crippen LogP contribution is 2.28. The molecule has 3 nitrogen and oxygen atoms in total. The second-order valence-electron chi connectivity index (χ2n) is 3.09. The maximum Gasteiger partial charge on any atom is 0.184 e. The fraction of sp³-hybridized carbons (Fsp3) is 0.750. The fourth-order valence-corrected chi connectivity index (χ4v) is 1.15. The molecule has 64 valence electrons. The van der Waals surface area contributed by atoms with E-state index in [1.165, 1.54) is 0 Å². The van der Waals surface area contributed by atoms with Gasteiger partial charge >= 0.3 is 0 Å². The van der Waals surface area contributed by atoms with Crippen LogP contribution >= 0.6 is 0 Å². The van der Waals surface area contributed by atoms with E-state index in [9.17, 15) is 5.11 Å². The van der Waals surface area contributed by atoms with Gasteiger partial charge in [0.05, 0.1) is 0 Å². The molecule has 1 aliphatic rings. The number of aliphatic hydroxyl groups excluding tert-OH is 1. The summed E-state index contributed by atoms with van der Waals surface area (Å²) < 4.78 is 10.5. The second-order valence-corrected chi connectivity index (χ2v) is 3.09. The minimum absolute atomic E-state index is 0.262. The van der Waals surface area contributed by atoms with Crippen molar-refractivity contribution in [2.75, 3.05) is 0 Å². The van der Waals surface area contributed by atoms with Crippen LogP contribution in [0.25, 0.3) is 0 Å². The van der Waals surface area contributed by atoms with Gasteiger partial charge in [-0.25, -0.2) is 0 Å². The Morgan fingerprint density at radius 2 is 2.18 bits per heavy atom. The van der Waals surface area contributed by atoms with Gasteiger partial charge < -0.3 is 14.6 Å². The maximum atomic E-state index is 9.26. The lowest BCUT2D eigenvalue weighted by Gasteiger charge is -2.15. The van der Waals surface area contributed by atoms with Gasteiger partial charge in [-0.2, -0.15) is 0 Å². The van der Waals surface area contributed by atoms with Crippen molar-refractivity contribution < 1.29 is 14.6 Å². The molecule has 2 unspecified atom stereocenters. The van der Waals surface area contributed by atoms with E-state index in [1.807, 2.05) is 0 Å². The minimum Gasteiger partial charge on any atom is -0.366 e. The predicted molar refractivity (Wildman–Crippen MR) is 40.9 cm³/mol. The van der Waals surface area contributed by atoms with Gasteiger partial charge in [0.1, 0.15) is 6.10 Å². The Bertz CT molecular complexity index is 153. The summed E-state index contributed by atoms with van der Waals surface area (Å²) in [4.78, 5) is 0. The van der Waals surface area contributed by atoms with E-state index >= 15 is 0 Å². The summed E-state index contributed by atoms with van der Waals surface area (Å²) in [6, 6.07) is 0. The first-order valence-corrected chi connectivity index (χ1v) is 3.70. The van der Waals surface area contributed by atoms with Crippen LogP contribution in [0.5, 0.6) is 0 Å². The average molecular weight is 158 g/mol. The topological polar surface area (TPSA) is 38.7 Å². The Labute approximate surface area is 66.6 Å². The molecule has 1 N–H and O–H groups in total. The van der Waals surface area contributed by atoms with Crippen molar-refractivity contribution in [2.24, 2.45) is 0 Å². The lowest BCUT2D eigenvalue weighted by Crippen LogP contribution is -2.21. The largest absolute Gasteiger partial charge is 0.366 e. The SMILES string of the molecule is C=CCC1OC(C)(C)OC1O. The molecule has 1 heterocycles. The predicted octanol–water partition coefficient (Wildman–Crippen LogP) is 1.03. The van der Waals surface area contributed by atoms with E-state index in [0.29, 0.717) is 6.42 Å². The summed E-state index contributed by atoms with van der Waals surface area (Å²) in [6.45, 7) is 7.11.